The smallest absolute Gasteiger partial charge is 0.0233 e. The molecule has 19 heavy (non-hydrogen) atoms. The summed E-state index contributed by atoms with van der Waals surface area (Å²) in [6.45, 7) is 8.24. The van der Waals surface area contributed by atoms with Crippen molar-refractivity contribution < 1.29 is 0 Å². The van der Waals surface area contributed by atoms with E-state index in [4.69, 9.17) is 0 Å². The van der Waals surface area contributed by atoms with Crippen LogP contribution >= 0.6 is 22.6 Å². The Morgan fingerprint density at radius 3 is 2.74 bits per heavy atom. The lowest BCUT2D eigenvalue weighted by Crippen LogP contribution is -2.38. The Morgan fingerprint density at radius 1 is 1.32 bits per heavy atom. The Kier molecular flexibility index (Phi) is 6.61. The molecule has 0 saturated carbocycles. The third-order valence-electron chi connectivity index (χ3n) is 3.77. The van der Waals surface area contributed by atoms with Crippen LogP contribution in [0, 0.1) is 9.49 Å². The predicted molar refractivity (Wildman–Crippen MR) is 90.3 cm³/mol. The summed E-state index contributed by atoms with van der Waals surface area (Å²) in [7, 11) is 0. The lowest BCUT2D eigenvalue weighted by atomic mass is 9.98. The van der Waals surface area contributed by atoms with E-state index >= 15 is 0 Å². The van der Waals surface area contributed by atoms with Gasteiger partial charge >= 0.3 is 0 Å². The molecular formula is C16H25IN2. The van der Waals surface area contributed by atoms with Gasteiger partial charge in [0, 0.05) is 16.7 Å². The molecule has 2 rings (SSSR count). The van der Waals surface area contributed by atoms with Gasteiger partial charge in [0.1, 0.15) is 0 Å². The molecule has 1 heterocycles. The van der Waals surface area contributed by atoms with Gasteiger partial charge in [0.15, 0.2) is 0 Å². The van der Waals surface area contributed by atoms with E-state index in [1.165, 1.54) is 54.6 Å². The van der Waals surface area contributed by atoms with Crippen LogP contribution in [0.25, 0.3) is 0 Å². The summed E-state index contributed by atoms with van der Waals surface area (Å²) in [4.78, 5) is 2.62. The minimum atomic E-state index is 0.837. The molecule has 0 amide bonds. The first-order valence-corrected chi connectivity index (χ1v) is 8.53. The summed E-state index contributed by atoms with van der Waals surface area (Å²) >= 11 is 2.37. The Labute approximate surface area is 131 Å². The minimum absolute atomic E-state index is 0.837. The lowest BCUT2D eigenvalue weighted by molar-refractivity contribution is 0.201. The molecule has 1 fully saturated rings. The number of hydrogen-bond donors (Lipinski definition) is 1. The van der Waals surface area contributed by atoms with Gasteiger partial charge in [-0.05, 0) is 85.1 Å². The zero-order chi connectivity index (χ0) is 13.5. The molecule has 0 bridgehead atoms. The maximum Gasteiger partial charge on any atom is 0.0233 e. The normalized spacial score (nSPS) is 19.8. The number of benzene rings is 1. The molecule has 1 atom stereocenters. The van der Waals surface area contributed by atoms with Crippen LogP contribution in [0.15, 0.2) is 24.3 Å². The molecule has 1 aliphatic rings. The molecule has 0 radical (unpaired) electrons. The summed E-state index contributed by atoms with van der Waals surface area (Å²) in [5, 5.41) is 3.53. The van der Waals surface area contributed by atoms with Gasteiger partial charge in [-0.3, -0.25) is 4.90 Å². The molecule has 1 aromatic carbocycles. The van der Waals surface area contributed by atoms with E-state index in [9.17, 15) is 0 Å². The summed E-state index contributed by atoms with van der Waals surface area (Å²) in [5.74, 6) is 0.837. The van der Waals surface area contributed by atoms with Crippen LogP contribution in [-0.2, 0) is 6.54 Å². The highest BCUT2D eigenvalue weighted by Crippen LogP contribution is 2.15. The van der Waals surface area contributed by atoms with E-state index in [-0.39, 0.29) is 0 Å². The molecule has 1 aromatic rings. The maximum atomic E-state index is 3.53. The average molecular weight is 372 g/mol. The zero-order valence-corrected chi connectivity index (χ0v) is 14.0. The number of piperidine rings is 1. The number of hydrogen-bond acceptors (Lipinski definition) is 2. The second-order valence-corrected chi connectivity index (χ2v) is 6.82. The predicted octanol–water partition coefficient (Wildman–Crippen LogP) is 3.50. The molecule has 0 aromatic heterocycles. The fourth-order valence-corrected chi connectivity index (χ4v) is 3.20. The van der Waals surface area contributed by atoms with E-state index < -0.39 is 0 Å². The molecule has 1 unspecified atom stereocenters. The summed E-state index contributed by atoms with van der Waals surface area (Å²) in [6, 6.07) is 8.96. The molecule has 1 aliphatic heterocycles. The quantitative estimate of drug-likeness (QED) is 0.769. The van der Waals surface area contributed by atoms with Crippen LogP contribution in [0.1, 0.15) is 31.7 Å². The highest BCUT2D eigenvalue weighted by Gasteiger charge is 2.16. The van der Waals surface area contributed by atoms with Crippen molar-refractivity contribution in [2.24, 2.45) is 5.92 Å². The van der Waals surface area contributed by atoms with Crippen LogP contribution in [0.5, 0.6) is 0 Å². The van der Waals surface area contributed by atoms with Crippen LogP contribution in [0.3, 0.4) is 0 Å². The van der Waals surface area contributed by atoms with Crippen LogP contribution in [-0.4, -0.2) is 31.1 Å². The summed E-state index contributed by atoms with van der Waals surface area (Å²) in [6.07, 6.45) is 3.97. The summed E-state index contributed by atoms with van der Waals surface area (Å²) in [5.41, 5.74) is 1.44. The largest absolute Gasteiger partial charge is 0.316 e. The first-order chi connectivity index (χ1) is 9.28. The third kappa shape index (κ3) is 5.40. The van der Waals surface area contributed by atoms with E-state index in [1.54, 1.807) is 0 Å². The van der Waals surface area contributed by atoms with Crippen molar-refractivity contribution >= 4 is 22.6 Å². The van der Waals surface area contributed by atoms with E-state index in [0.29, 0.717) is 0 Å². The number of halogens is 1. The maximum absolute atomic E-state index is 3.53. The average Bonchev–Trinajstić information content (AvgIpc) is 2.43. The monoisotopic (exact) mass is 372 g/mol. The molecule has 1 N–H and O–H groups in total. The minimum Gasteiger partial charge on any atom is -0.316 e. The van der Waals surface area contributed by atoms with Gasteiger partial charge in [-0.1, -0.05) is 19.1 Å². The molecule has 0 spiro atoms. The van der Waals surface area contributed by atoms with Crippen molar-refractivity contribution in [2.75, 3.05) is 26.2 Å². The van der Waals surface area contributed by atoms with Gasteiger partial charge in [0.2, 0.25) is 0 Å². The van der Waals surface area contributed by atoms with Gasteiger partial charge in [0.05, 0.1) is 0 Å². The fourth-order valence-electron chi connectivity index (χ4n) is 2.84. The lowest BCUT2D eigenvalue weighted by Gasteiger charge is -2.30. The Morgan fingerprint density at radius 2 is 2.11 bits per heavy atom. The van der Waals surface area contributed by atoms with Crippen molar-refractivity contribution in [3.05, 3.63) is 33.4 Å². The molecule has 0 aliphatic carbocycles. The number of nitrogens with zero attached hydrogens (tertiary/aromatic N) is 1. The van der Waals surface area contributed by atoms with Crippen molar-refractivity contribution in [3.63, 3.8) is 0 Å². The first-order valence-electron chi connectivity index (χ1n) is 7.45. The molecule has 2 nitrogen and oxygen atoms in total. The van der Waals surface area contributed by atoms with Crippen molar-refractivity contribution in [3.8, 4) is 0 Å². The second-order valence-electron chi connectivity index (χ2n) is 5.57. The summed E-state index contributed by atoms with van der Waals surface area (Å²) < 4.78 is 1.32. The van der Waals surface area contributed by atoms with E-state index in [0.717, 1.165) is 12.5 Å². The number of nitrogens with one attached hydrogen (secondary N) is 1. The van der Waals surface area contributed by atoms with Crippen LogP contribution < -0.4 is 5.32 Å². The Hall–Kier alpha value is -0.130. The van der Waals surface area contributed by atoms with Crippen molar-refractivity contribution in [1.82, 2.24) is 10.2 Å². The SMILES string of the molecule is CCCN(Cc1ccc(I)cc1)CC1CCCNC1. The van der Waals surface area contributed by atoms with E-state index in [1.807, 2.05) is 0 Å². The van der Waals surface area contributed by atoms with Crippen molar-refractivity contribution in [1.29, 1.82) is 0 Å². The standard InChI is InChI=1S/C16H25IN2/c1-2-10-19(13-15-4-3-9-18-11-15)12-14-5-7-16(17)8-6-14/h5-8,15,18H,2-4,9-13H2,1H3. The fraction of sp³-hybridized carbons (Fsp3) is 0.625. The van der Waals surface area contributed by atoms with Gasteiger partial charge in [0.25, 0.3) is 0 Å². The molecule has 1 saturated heterocycles. The first kappa shape index (κ1) is 15.3. The van der Waals surface area contributed by atoms with Gasteiger partial charge < -0.3 is 5.32 Å². The van der Waals surface area contributed by atoms with Crippen LogP contribution in [0.4, 0.5) is 0 Å². The molecule has 3 heteroatoms. The topological polar surface area (TPSA) is 15.3 Å². The van der Waals surface area contributed by atoms with E-state index in [2.05, 4.69) is 64.0 Å². The molecular weight excluding hydrogens is 347 g/mol. The highest BCUT2D eigenvalue weighted by atomic mass is 127. The highest BCUT2D eigenvalue weighted by molar-refractivity contribution is 14.1. The Balaban J connectivity index is 1.89. The van der Waals surface area contributed by atoms with Gasteiger partial charge in [-0.2, -0.15) is 0 Å². The molecule has 106 valence electrons. The third-order valence-corrected chi connectivity index (χ3v) is 4.49. The van der Waals surface area contributed by atoms with Gasteiger partial charge in [-0.25, -0.2) is 0 Å². The Bertz CT molecular complexity index is 358. The van der Waals surface area contributed by atoms with Gasteiger partial charge in [-0.15, -0.1) is 0 Å². The van der Waals surface area contributed by atoms with Crippen LogP contribution in [0.2, 0.25) is 0 Å². The number of rotatable bonds is 6. The van der Waals surface area contributed by atoms with Crippen molar-refractivity contribution in [2.45, 2.75) is 32.7 Å². The second kappa shape index (κ2) is 8.22. The zero-order valence-electron chi connectivity index (χ0n) is 11.9.